The Balaban J connectivity index is 1.52. The third-order valence-electron chi connectivity index (χ3n) is 7.78. The van der Waals surface area contributed by atoms with Crippen LogP contribution >= 0.6 is 23.2 Å². The van der Waals surface area contributed by atoms with Crippen molar-refractivity contribution in [2.24, 2.45) is 5.92 Å². The molecule has 2 heterocycles. The first-order chi connectivity index (χ1) is 17.5. The standard InChI is InChI=1S/C29H32Cl2N4O/c1-20-11-15-35(16-12-20)28-33-19-24(27(36)32-18-21-9-10-23(30)17-25(21)31)26(34-28)29(13-5-6-14-29)22-7-3-2-4-8-22/h2-4,7-10,17,19-20H,5-6,11-16,18H2,1H3,(H,32,36). The molecule has 0 spiro atoms. The summed E-state index contributed by atoms with van der Waals surface area (Å²) >= 11 is 12.4. The maximum Gasteiger partial charge on any atom is 0.255 e. The Labute approximate surface area is 223 Å². The molecule has 2 aliphatic rings. The van der Waals surface area contributed by atoms with Gasteiger partial charge >= 0.3 is 0 Å². The lowest BCUT2D eigenvalue weighted by atomic mass is 9.74. The zero-order chi connectivity index (χ0) is 25.1. The van der Waals surface area contributed by atoms with Crippen molar-refractivity contribution < 1.29 is 4.79 Å². The zero-order valence-electron chi connectivity index (χ0n) is 20.6. The predicted molar refractivity (Wildman–Crippen MR) is 146 cm³/mol. The van der Waals surface area contributed by atoms with Gasteiger partial charge < -0.3 is 10.2 Å². The molecule has 7 heteroatoms. The average Bonchev–Trinajstić information content (AvgIpc) is 3.40. The van der Waals surface area contributed by atoms with Crippen molar-refractivity contribution in [2.75, 3.05) is 18.0 Å². The van der Waals surface area contributed by atoms with Crippen molar-refractivity contribution >= 4 is 35.1 Å². The number of carbonyl (C=O) groups is 1. The summed E-state index contributed by atoms with van der Waals surface area (Å²) in [5, 5.41) is 4.15. The number of halogens is 2. The van der Waals surface area contributed by atoms with E-state index in [0.29, 0.717) is 22.2 Å². The van der Waals surface area contributed by atoms with E-state index in [2.05, 4.69) is 41.4 Å². The van der Waals surface area contributed by atoms with Gasteiger partial charge in [-0.05, 0) is 54.9 Å². The van der Waals surface area contributed by atoms with E-state index in [0.717, 1.165) is 74.7 Å². The first-order valence-corrected chi connectivity index (χ1v) is 13.6. The number of anilines is 1. The maximum atomic E-state index is 13.6. The number of hydrogen-bond donors (Lipinski definition) is 1. The van der Waals surface area contributed by atoms with Gasteiger partial charge in [-0.15, -0.1) is 0 Å². The summed E-state index contributed by atoms with van der Waals surface area (Å²) in [5.41, 5.74) is 3.12. The van der Waals surface area contributed by atoms with Gasteiger partial charge in [0.05, 0.1) is 11.3 Å². The number of benzene rings is 2. The fourth-order valence-electron chi connectivity index (χ4n) is 5.60. The van der Waals surface area contributed by atoms with E-state index < -0.39 is 0 Å². The van der Waals surface area contributed by atoms with Gasteiger partial charge in [0.15, 0.2) is 0 Å². The molecule has 1 saturated heterocycles. The van der Waals surface area contributed by atoms with E-state index in [1.165, 1.54) is 5.56 Å². The fourth-order valence-corrected chi connectivity index (χ4v) is 6.07. The highest BCUT2D eigenvalue weighted by molar-refractivity contribution is 6.35. The maximum absolute atomic E-state index is 13.6. The number of carbonyl (C=O) groups excluding carboxylic acids is 1. The Kier molecular flexibility index (Phi) is 7.49. The molecule has 1 aliphatic carbocycles. The number of amides is 1. The van der Waals surface area contributed by atoms with Crippen molar-refractivity contribution in [3.8, 4) is 0 Å². The fraction of sp³-hybridized carbons (Fsp3) is 0.414. The lowest BCUT2D eigenvalue weighted by Crippen LogP contribution is -2.37. The molecule has 0 atom stereocenters. The molecule has 0 radical (unpaired) electrons. The van der Waals surface area contributed by atoms with Gasteiger partial charge in [0, 0.05) is 41.3 Å². The monoisotopic (exact) mass is 522 g/mol. The average molecular weight is 524 g/mol. The van der Waals surface area contributed by atoms with Gasteiger partial charge in [-0.2, -0.15) is 0 Å². The molecular weight excluding hydrogens is 491 g/mol. The number of piperidine rings is 1. The van der Waals surface area contributed by atoms with E-state index in [1.807, 2.05) is 12.1 Å². The van der Waals surface area contributed by atoms with Crippen molar-refractivity contribution in [3.05, 3.63) is 87.2 Å². The lowest BCUT2D eigenvalue weighted by Gasteiger charge is -2.34. The zero-order valence-corrected chi connectivity index (χ0v) is 22.2. The Morgan fingerprint density at radius 2 is 1.81 bits per heavy atom. The topological polar surface area (TPSA) is 58.1 Å². The molecule has 2 aromatic carbocycles. The van der Waals surface area contributed by atoms with Gasteiger partial charge in [0.25, 0.3) is 5.91 Å². The second-order valence-electron chi connectivity index (χ2n) is 10.2. The van der Waals surface area contributed by atoms with Crippen LogP contribution in [0.15, 0.2) is 54.7 Å². The molecule has 0 bridgehead atoms. The Morgan fingerprint density at radius 1 is 1.08 bits per heavy atom. The Bertz CT molecular complexity index is 1220. The minimum Gasteiger partial charge on any atom is -0.348 e. The molecule has 1 N–H and O–H groups in total. The largest absolute Gasteiger partial charge is 0.348 e. The summed E-state index contributed by atoms with van der Waals surface area (Å²) in [6, 6.07) is 15.8. The summed E-state index contributed by atoms with van der Waals surface area (Å²) in [5.74, 6) is 1.27. The van der Waals surface area contributed by atoms with Crippen molar-refractivity contribution in [1.82, 2.24) is 15.3 Å². The molecule has 1 aromatic heterocycles. The van der Waals surface area contributed by atoms with Gasteiger partial charge in [-0.1, -0.05) is 79.4 Å². The van der Waals surface area contributed by atoms with Crippen molar-refractivity contribution in [1.29, 1.82) is 0 Å². The molecule has 1 amide bonds. The normalized spacial score (nSPS) is 17.8. The quantitative estimate of drug-likeness (QED) is 0.386. The number of aromatic nitrogens is 2. The van der Waals surface area contributed by atoms with E-state index in [1.54, 1.807) is 18.3 Å². The van der Waals surface area contributed by atoms with Gasteiger partial charge in [-0.25, -0.2) is 9.97 Å². The third-order valence-corrected chi connectivity index (χ3v) is 8.37. The minimum absolute atomic E-state index is 0.183. The van der Waals surface area contributed by atoms with Crippen LogP contribution in [0.1, 0.15) is 72.6 Å². The minimum atomic E-state index is -0.299. The predicted octanol–water partition coefficient (Wildman–Crippen LogP) is 6.81. The van der Waals surface area contributed by atoms with E-state index >= 15 is 0 Å². The van der Waals surface area contributed by atoms with E-state index in [9.17, 15) is 4.79 Å². The number of hydrogen-bond acceptors (Lipinski definition) is 4. The molecule has 5 rings (SSSR count). The third kappa shape index (κ3) is 5.09. The molecule has 2 fully saturated rings. The van der Waals surface area contributed by atoms with Crippen LogP contribution in [0.4, 0.5) is 5.95 Å². The van der Waals surface area contributed by atoms with Crippen molar-refractivity contribution in [3.63, 3.8) is 0 Å². The van der Waals surface area contributed by atoms with E-state index in [-0.39, 0.29) is 11.3 Å². The van der Waals surface area contributed by atoms with Crippen LogP contribution in [0, 0.1) is 5.92 Å². The SMILES string of the molecule is CC1CCN(c2ncc(C(=O)NCc3ccc(Cl)cc3Cl)c(C3(c4ccccc4)CCCC3)n2)CC1. The highest BCUT2D eigenvalue weighted by Crippen LogP contribution is 2.47. The molecule has 36 heavy (non-hydrogen) atoms. The molecule has 1 aliphatic heterocycles. The number of rotatable bonds is 6. The van der Waals surface area contributed by atoms with Crippen LogP contribution in [-0.2, 0) is 12.0 Å². The molecule has 0 unspecified atom stereocenters. The molecule has 3 aromatic rings. The highest BCUT2D eigenvalue weighted by Gasteiger charge is 2.42. The molecular formula is C29H32Cl2N4O. The van der Waals surface area contributed by atoms with Gasteiger partial charge in [0.1, 0.15) is 0 Å². The first-order valence-electron chi connectivity index (χ1n) is 12.9. The Morgan fingerprint density at radius 3 is 2.50 bits per heavy atom. The van der Waals surface area contributed by atoms with Crippen molar-refractivity contribution in [2.45, 2.75) is 57.4 Å². The van der Waals surface area contributed by atoms with Crippen LogP contribution < -0.4 is 10.2 Å². The number of nitrogens with one attached hydrogen (secondary N) is 1. The second kappa shape index (κ2) is 10.8. The lowest BCUT2D eigenvalue weighted by molar-refractivity contribution is 0.0947. The van der Waals surface area contributed by atoms with Crippen LogP contribution in [0.2, 0.25) is 10.0 Å². The molecule has 5 nitrogen and oxygen atoms in total. The van der Waals surface area contributed by atoms with E-state index in [4.69, 9.17) is 33.2 Å². The smallest absolute Gasteiger partial charge is 0.255 e. The molecule has 1 saturated carbocycles. The summed E-state index contributed by atoms with van der Waals surface area (Å²) in [6.45, 7) is 4.49. The summed E-state index contributed by atoms with van der Waals surface area (Å²) in [6.07, 6.45) is 8.14. The summed E-state index contributed by atoms with van der Waals surface area (Å²) in [7, 11) is 0. The Hall–Kier alpha value is -2.63. The van der Waals surface area contributed by atoms with Crippen LogP contribution in [0.25, 0.3) is 0 Å². The summed E-state index contributed by atoms with van der Waals surface area (Å²) < 4.78 is 0. The second-order valence-corrected chi connectivity index (χ2v) is 11.0. The van der Waals surface area contributed by atoms with Crippen LogP contribution in [0.5, 0.6) is 0 Å². The molecule has 188 valence electrons. The van der Waals surface area contributed by atoms with Gasteiger partial charge in [0.2, 0.25) is 5.95 Å². The van der Waals surface area contributed by atoms with Gasteiger partial charge in [-0.3, -0.25) is 4.79 Å². The summed E-state index contributed by atoms with van der Waals surface area (Å²) in [4.78, 5) is 25.7. The van der Waals surface area contributed by atoms with Crippen LogP contribution in [-0.4, -0.2) is 29.0 Å². The highest BCUT2D eigenvalue weighted by atomic mass is 35.5. The number of nitrogens with zero attached hydrogens (tertiary/aromatic N) is 3. The van der Waals surface area contributed by atoms with Crippen LogP contribution in [0.3, 0.4) is 0 Å². The first kappa shape index (κ1) is 25.0.